The van der Waals surface area contributed by atoms with Gasteiger partial charge in [0, 0.05) is 24.7 Å². The first kappa shape index (κ1) is 22.7. The van der Waals surface area contributed by atoms with Crippen LogP contribution in [-0.4, -0.2) is 31.0 Å². The summed E-state index contributed by atoms with van der Waals surface area (Å²) in [6.07, 6.45) is 2.09. The Bertz CT molecular complexity index is 500. The van der Waals surface area contributed by atoms with Gasteiger partial charge in [0.15, 0.2) is 5.96 Å². The van der Waals surface area contributed by atoms with Gasteiger partial charge in [-0.3, -0.25) is 4.79 Å². The molecule has 0 saturated carbocycles. The van der Waals surface area contributed by atoms with Crippen LogP contribution in [0.15, 0.2) is 29.3 Å². The molecule has 1 rings (SSSR count). The molecule has 0 aliphatic rings. The third-order valence-electron chi connectivity index (χ3n) is 3.22. The van der Waals surface area contributed by atoms with E-state index in [1.165, 1.54) is 0 Å². The number of nitrogens with zero attached hydrogens (tertiary/aromatic N) is 1. The van der Waals surface area contributed by atoms with E-state index in [1.54, 1.807) is 0 Å². The highest BCUT2D eigenvalue weighted by Crippen LogP contribution is 2.06. The molecule has 0 aliphatic heterocycles. The molecule has 0 aromatic heterocycles. The molecule has 0 unspecified atom stereocenters. The first-order chi connectivity index (χ1) is 11.1. The van der Waals surface area contributed by atoms with Gasteiger partial charge in [-0.1, -0.05) is 25.5 Å². The van der Waals surface area contributed by atoms with E-state index >= 15 is 0 Å². The quantitative estimate of drug-likeness (QED) is 0.249. The fourth-order valence-electron chi connectivity index (χ4n) is 2.01. The van der Waals surface area contributed by atoms with Crippen LogP contribution >= 0.6 is 24.0 Å². The number of rotatable bonds is 8. The minimum absolute atomic E-state index is 0. The van der Waals surface area contributed by atoms with Crippen LogP contribution in [0.2, 0.25) is 0 Å². The minimum Gasteiger partial charge on any atom is -0.357 e. The van der Waals surface area contributed by atoms with Crippen LogP contribution in [0.3, 0.4) is 0 Å². The van der Waals surface area contributed by atoms with E-state index in [1.807, 2.05) is 31.2 Å². The van der Waals surface area contributed by atoms with Crippen LogP contribution in [0.1, 0.15) is 56.5 Å². The van der Waals surface area contributed by atoms with Crippen LogP contribution in [0, 0.1) is 0 Å². The summed E-state index contributed by atoms with van der Waals surface area (Å²) < 4.78 is 0. The Morgan fingerprint density at radius 3 is 2.33 bits per heavy atom. The van der Waals surface area contributed by atoms with Crippen LogP contribution in [-0.2, 0) is 6.54 Å². The third-order valence-corrected chi connectivity index (χ3v) is 3.22. The molecule has 6 heteroatoms. The van der Waals surface area contributed by atoms with Gasteiger partial charge < -0.3 is 16.0 Å². The van der Waals surface area contributed by atoms with Gasteiger partial charge in [0.05, 0.1) is 6.54 Å². The number of guanidine groups is 1. The topological polar surface area (TPSA) is 65.5 Å². The predicted molar refractivity (Wildman–Crippen MR) is 112 cm³/mol. The van der Waals surface area contributed by atoms with Gasteiger partial charge in [-0.25, -0.2) is 4.99 Å². The van der Waals surface area contributed by atoms with Crippen LogP contribution in [0.4, 0.5) is 0 Å². The van der Waals surface area contributed by atoms with Gasteiger partial charge >= 0.3 is 0 Å². The molecule has 1 aromatic rings. The van der Waals surface area contributed by atoms with Crippen molar-refractivity contribution in [2.24, 2.45) is 4.99 Å². The average Bonchev–Trinajstić information content (AvgIpc) is 2.53. The number of halogens is 1. The normalized spacial score (nSPS) is 11.0. The fourth-order valence-corrected chi connectivity index (χ4v) is 2.01. The molecule has 1 amide bonds. The van der Waals surface area contributed by atoms with Gasteiger partial charge in [-0.2, -0.15) is 0 Å². The van der Waals surface area contributed by atoms with Crippen LogP contribution in [0.5, 0.6) is 0 Å². The highest BCUT2D eigenvalue weighted by Gasteiger charge is 2.04. The molecule has 1 aromatic carbocycles. The summed E-state index contributed by atoms with van der Waals surface area (Å²) in [7, 11) is 0. The zero-order valence-electron chi connectivity index (χ0n) is 15.2. The summed E-state index contributed by atoms with van der Waals surface area (Å²) >= 11 is 0. The van der Waals surface area contributed by atoms with E-state index in [0.29, 0.717) is 18.2 Å². The van der Waals surface area contributed by atoms with E-state index in [9.17, 15) is 4.79 Å². The average molecular weight is 446 g/mol. The van der Waals surface area contributed by atoms with E-state index in [-0.39, 0.29) is 29.9 Å². The van der Waals surface area contributed by atoms with Crippen molar-refractivity contribution < 1.29 is 4.79 Å². The van der Waals surface area contributed by atoms with Crippen molar-refractivity contribution in [3.63, 3.8) is 0 Å². The van der Waals surface area contributed by atoms with Gasteiger partial charge in [0.1, 0.15) is 0 Å². The number of nitrogens with one attached hydrogen (secondary N) is 3. The summed E-state index contributed by atoms with van der Waals surface area (Å²) in [5.74, 6) is 0.798. The monoisotopic (exact) mass is 446 g/mol. The molecular formula is C18H31IN4O. The molecule has 0 radical (unpaired) electrons. The standard InChI is InChI=1S/C18H30N4O.HI/c1-5-7-12-20-17(23)16-10-8-15(9-11-16)13-21-18(19-6-2)22-14(3)4;/h8-11,14H,5-7,12-13H2,1-4H3,(H,20,23)(H2,19,21,22);1H. The Morgan fingerprint density at radius 1 is 1.12 bits per heavy atom. The van der Waals surface area contributed by atoms with Gasteiger partial charge in [-0.15, -0.1) is 24.0 Å². The third kappa shape index (κ3) is 9.10. The minimum atomic E-state index is -0.0108. The Labute approximate surface area is 163 Å². The number of carbonyl (C=O) groups excluding carboxylic acids is 1. The van der Waals surface area contributed by atoms with Crippen molar-refractivity contribution in [2.45, 2.75) is 53.1 Å². The summed E-state index contributed by atoms with van der Waals surface area (Å²) in [6, 6.07) is 7.96. The SMILES string of the molecule is CCCCNC(=O)c1ccc(CN=C(NCC)NC(C)C)cc1.I. The van der Waals surface area contributed by atoms with E-state index in [4.69, 9.17) is 0 Å². The van der Waals surface area contributed by atoms with Crippen molar-refractivity contribution >= 4 is 35.8 Å². The Hall–Kier alpha value is -1.31. The summed E-state index contributed by atoms with van der Waals surface area (Å²) in [5.41, 5.74) is 1.78. The number of carbonyl (C=O) groups is 1. The molecule has 24 heavy (non-hydrogen) atoms. The van der Waals surface area contributed by atoms with E-state index < -0.39 is 0 Å². The van der Waals surface area contributed by atoms with Gasteiger partial charge in [0.2, 0.25) is 0 Å². The Kier molecular flexibility index (Phi) is 12.3. The van der Waals surface area contributed by atoms with Gasteiger partial charge in [-0.05, 0) is 44.9 Å². The first-order valence-electron chi connectivity index (χ1n) is 8.48. The van der Waals surface area contributed by atoms with Crippen molar-refractivity contribution in [1.29, 1.82) is 0 Å². The molecule has 136 valence electrons. The molecule has 3 N–H and O–H groups in total. The second kappa shape index (κ2) is 13.0. The highest BCUT2D eigenvalue weighted by atomic mass is 127. The molecule has 0 atom stereocenters. The molecule has 0 fully saturated rings. The predicted octanol–water partition coefficient (Wildman–Crippen LogP) is 3.30. The highest BCUT2D eigenvalue weighted by molar-refractivity contribution is 14.0. The maximum absolute atomic E-state index is 11.9. The van der Waals surface area contributed by atoms with Crippen molar-refractivity contribution in [1.82, 2.24) is 16.0 Å². The zero-order valence-corrected chi connectivity index (χ0v) is 17.5. The summed E-state index contributed by atoms with van der Waals surface area (Å²) in [5, 5.41) is 9.42. The lowest BCUT2D eigenvalue weighted by molar-refractivity contribution is 0.0953. The van der Waals surface area contributed by atoms with E-state index in [2.05, 4.69) is 41.7 Å². The molecule has 0 aliphatic carbocycles. The number of hydrogen-bond acceptors (Lipinski definition) is 2. The zero-order chi connectivity index (χ0) is 17.1. The fraction of sp³-hybridized carbons (Fsp3) is 0.556. The summed E-state index contributed by atoms with van der Waals surface area (Å²) in [4.78, 5) is 16.5. The van der Waals surface area contributed by atoms with Crippen LogP contribution < -0.4 is 16.0 Å². The van der Waals surface area contributed by atoms with Gasteiger partial charge in [0.25, 0.3) is 5.91 Å². The maximum Gasteiger partial charge on any atom is 0.251 e. The Balaban J connectivity index is 0.00000529. The van der Waals surface area contributed by atoms with Crippen molar-refractivity contribution in [3.8, 4) is 0 Å². The lowest BCUT2D eigenvalue weighted by Gasteiger charge is -2.14. The molecule has 0 heterocycles. The summed E-state index contributed by atoms with van der Waals surface area (Å²) in [6.45, 7) is 10.5. The number of hydrogen-bond donors (Lipinski definition) is 3. The number of aliphatic imine (C=N–C) groups is 1. The largest absolute Gasteiger partial charge is 0.357 e. The van der Waals surface area contributed by atoms with Crippen molar-refractivity contribution in [3.05, 3.63) is 35.4 Å². The lowest BCUT2D eigenvalue weighted by Crippen LogP contribution is -2.40. The Morgan fingerprint density at radius 2 is 1.79 bits per heavy atom. The molecule has 0 saturated heterocycles. The molecule has 0 spiro atoms. The van der Waals surface area contributed by atoms with E-state index in [0.717, 1.165) is 37.5 Å². The van der Waals surface area contributed by atoms with Crippen LogP contribution in [0.25, 0.3) is 0 Å². The number of unbranched alkanes of at least 4 members (excludes halogenated alkanes) is 1. The lowest BCUT2D eigenvalue weighted by atomic mass is 10.1. The molecule has 5 nitrogen and oxygen atoms in total. The maximum atomic E-state index is 11.9. The number of amides is 1. The van der Waals surface area contributed by atoms with Crippen molar-refractivity contribution in [2.75, 3.05) is 13.1 Å². The number of benzene rings is 1. The second-order valence-electron chi connectivity index (χ2n) is 5.80. The molecular weight excluding hydrogens is 415 g/mol. The smallest absolute Gasteiger partial charge is 0.251 e. The first-order valence-corrected chi connectivity index (χ1v) is 8.48. The molecule has 0 bridgehead atoms. The second-order valence-corrected chi connectivity index (χ2v) is 5.80.